The fourth-order valence-electron chi connectivity index (χ4n) is 3.56. The summed E-state index contributed by atoms with van der Waals surface area (Å²) in [5, 5.41) is 3.75. The summed E-state index contributed by atoms with van der Waals surface area (Å²) in [6.07, 6.45) is 0.889. The molecule has 0 radical (unpaired) electrons. The van der Waals surface area contributed by atoms with Gasteiger partial charge >= 0.3 is 0 Å². The van der Waals surface area contributed by atoms with E-state index >= 15 is 0 Å². The molecule has 1 aromatic rings. The first-order valence-electron chi connectivity index (χ1n) is 8.78. The highest BCUT2D eigenvalue weighted by Crippen LogP contribution is 2.16. The molecule has 2 fully saturated rings. The van der Waals surface area contributed by atoms with Crippen molar-refractivity contribution in [3.63, 3.8) is 0 Å². The van der Waals surface area contributed by atoms with Gasteiger partial charge in [0, 0.05) is 44.3 Å². The Balaban J connectivity index is 1.38. The van der Waals surface area contributed by atoms with Gasteiger partial charge in [-0.1, -0.05) is 23.7 Å². The molecule has 0 aromatic heterocycles. The van der Waals surface area contributed by atoms with Crippen LogP contribution in [0.2, 0.25) is 5.02 Å². The van der Waals surface area contributed by atoms with Crippen molar-refractivity contribution in [1.29, 1.82) is 0 Å². The third-order valence-electron chi connectivity index (χ3n) is 4.99. The van der Waals surface area contributed by atoms with Gasteiger partial charge in [-0.2, -0.15) is 0 Å². The van der Waals surface area contributed by atoms with Crippen LogP contribution in [-0.4, -0.2) is 60.6 Å². The number of halogens is 1. The summed E-state index contributed by atoms with van der Waals surface area (Å²) in [5.74, 6) is 0.641. The molecule has 1 aromatic carbocycles. The molecule has 0 aliphatic carbocycles. The Bertz CT molecular complexity index is 664. The number of nitrogens with zero attached hydrogens (tertiary/aromatic N) is 3. The molecule has 3 heterocycles. The maximum atomic E-state index is 12.2. The average Bonchev–Trinajstić information content (AvgIpc) is 2.97. The lowest BCUT2D eigenvalue weighted by molar-refractivity contribution is -0.124. The van der Waals surface area contributed by atoms with Crippen LogP contribution in [0.15, 0.2) is 29.3 Å². The highest BCUT2D eigenvalue weighted by atomic mass is 35.5. The lowest BCUT2D eigenvalue weighted by Crippen LogP contribution is -2.54. The molecule has 4 rings (SSSR count). The smallest absolute Gasteiger partial charge is 0.234 e. The van der Waals surface area contributed by atoms with Gasteiger partial charge in [-0.05, 0) is 24.1 Å². The van der Waals surface area contributed by atoms with Crippen molar-refractivity contribution >= 4 is 23.5 Å². The number of nitrogens with one attached hydrogen (secondary N) is 3. The summed E-state index contributed by atoms with van der Waals surface area (Å²) in [4.78, 5) is 21.5. The van der Waals surface area contributed by atoms with Gasteiger partial charge in [0.05, 0.1) is 5.92 Å². The molecular formula is C17H23ClN6O. The molecule has 2 atom stereocenters. The van der Waals surface area contributed by atoms with Gasteiger partial charge in [0.1, 0.15) is 6.17 Å². The standard InChI is InChI=1S/C17H23ClN6O/c18-13-4-2-12(3-5-13)11-23-6-1-7-24(9-8-23)17-20-15-14(10-19-22-15)16(25)21-17/h2-5,14-15,19,22H,1,6-11H2,(H,20,21,25). The Labute approximate surface area is 152 Å². The lowest BCUT2D eigenvalue weighted by Gasteiger charge is -2.30. The van der Waals surface area contributed by atoms with Gasteiger partial charge in [-0.25, -0.2) is 10.4 Å². The first-order valence-corrected chi connectivity index (χ1v) is 9.16. The first kappa shape index (κ1) is 16.8. The van der Waals surface area contributed by atoms with E-state index in [0.717, 1.165) is 44.2 Å². The number of hydrogen-bond donors (Lipinski definition) is 3. The molecule has 7 nitrogen and oxygen atoms in total. The maximum absolute atomic E-state index is 12.2. The van der Waals surface area contributed by atoms with Crippen molar-refractivity contribution in [3.8, 4) is 0 Å². The van der Waals surface area contributed by atoms with Crippen LogP contribution in [0.3, 0.4) is 0 Å². The summed E-state index contributed by atoms with van der Waals surface area (Å²) in [6.45, 7) is 5.28. The molecule has 1 amide bonds. The van der Waals surface area contributed by atoms with Crippen LogP contribution in [0, 0.1) is 5.92 Å². The topological polar surface area (TPSA) is 72.0 Å². The number of fused-ring (bicyclic) bond motifs is 1. The summed E-state index contributed by atoms with van der Waals surface area (Å²) in [6, 6.07) is 8.03. The number of guanidine groups is 1. The third-order valence-corrected chi connectivity index (χ3v) is 5.25. The normalized spacial score (nSPS) is 27.5. The van der Waals surface area contributed by atoms with E-state index in [1.165, 1.54) is 5.56 Å². The third kappa shape index (κ3) is 3.79. The van der Waals surface area contributed by atoms with Crippen LogP contribution in [0.5, 0.6) is 0 Å². The van der Waals surface area contributed by atoms with Gasteiger partial charge in [-0.3, -0.25) is 20.4 Å². The second-order valence-electron chi connectivity index (χ2n) is 6.76. The quantitative estimate of drug-likeness (QED) is 0.709. The molecule has 2 saturated heterocycles. The Morgan fingerprint density at radius 3 is 2.84 bits per heavy atom. The molecule has 0 saturated carbocycles. The molecule has 3 N–H and O–H groups in total. The van der Waals surface area contributed by atoms with Crippen molar-refractivity contribution in [3.05, 3.63) is 34.9 Å². The number of hydrazine groups is 1. The van der Waals surface area contributed by atoms with Gasteiger partial charge in [0.2, 0.25) is 11.9 Å². The van der Waals surface area contributed by atoms with Crippen LogP contribution in [0.1, 0.15) is 12.0 Å². The Morgan fingerprint density at radius 1 is 1.16 bits per heavy atom. The Morgan fingerprint density at radius 2 is 2.00 bits per heavy atom. The molecule has 3 aliphatic rings. The van der Waals surface area contributed by atoms with Crippen LogP contribution in [0.25, 0.3) is 0 Å². The molecular weight excluding hydrogens is 340 g/mol. The monoisotopic (exact) mass is 362 g/mol. The van der Waals surface area contributed by atoms with E-state index in [2.05, 4.69) is 43.1 Å². The van der Waals surface area contributed by atoms with Gasteiger partial charge in [0.25, 0.3) is 0 Å². The predicted octanol–water partition coefficient (Wildman–Crippen LogP) is 0.384. The number of rotatable bonds is 2. The zero-order chi connectivity index (χ0) is 17.2. The van der Waals surface area contributed by atoms with Gasteiger partial charge in [0.15, 0.2) is 0 Å². The van der Waals surface area contributed by atoms with E-state index in [1.807, 2.05) is 12.1 Å². The van der Waals surface area contributed by atoms with Crippen LogP contribution >= 0.6 is 11.6 Å². The highest BCUT2D eigenvalue weighted by molar-refractivity contribution is 6.30. The van der Waals surface area contributed by atoms with Crippen molar-refractivity contribution < 1.29 is 4.79 Å². The van der Waals surface area contributed by atoms with E-state index in [9.17, 15) is 4.79 Å². The van der Waals surface area contributed by atoms with Crippen molar-refractivity contribution in [2.75, 3.05) is 32.7 Å². The van der Waals surface area contributed by atoms with Gasteiger partial charge in [-0.15, -0.1) is 0 Å². The van der Waals surface area contributed by atoms with Crippen LogP contribution in [0.4, 0.5) is 0 Å². The zero-order valence-corrected chi connectivity index (χ0v) is 14.8. The number of carbonyl (C=O) groups is 1. The molecule has 134 valence electrons. The van der Waals surface area contributed by atoms with Crippen molar-refractivity contribution in [2.24, 2.45) is 10.9 Å². The van der Waals surface area contributed by atoms with Crippen molar-refractivity contribution in [2.45, 2.75) is 19.1 Å². The number of amides is 1. The highest BCUT2D eigenvalue weighted by Gasteiger charge is 2.38. The SMILES string of the molecule is O=C1NC(N2CCCN(Cc3ccc(Cl)cc3)CC2)=NC2NNCC12. The Kier molecular flexibility index (Phi) is 4.89. The molecule has 3 aliphatic heterocycles. The second kappa shape index (κ2) is 7.29. The summed E-state index contributed by atoms with van der Waals surface area (Å²) in [7, 11) is 0. The number of aliphatic imine (C=N–C) groups is 1. The first-order chi connectivity index (χ1) is 12.2. The lowest BCUT2D eigenvalue weighted by atomic mass is 10.1. The van der Waals surface area contributed by atoms with Gasteiger partial charge < -0.3 is 4.90 Å². The molecule has 2 unspecified atom stereocenters. The molecule has 0 spiro atoms. The summed E-state index contributed by atoms with van der Waals surface area (Å²) >= 11 is 5.96. The minimum absolute atomic E-state index is 0.0507. The van der Waals surface area contributed by atoms with E-state index in [-0.39, 0.29) is 18.0 Å². The van der Waals surface area contributed by atoms with Crippen LogP contribution in [-0.2, 0) is 11.3 Å². The molecule has 0 bridgehead atoms. The number of benzene rings is 1. The van der Waals surface area contributed by atoms with E-state index in [0.29, 0.717) is 12.5 Å². The zero-order valence-electron chi connectivity index (χ0n) is 14.0. The summed E-state index contributed by atoms with van der Waals surface area (Å²) < 4.78 is 0. The number of carbonyl (C=O) groups excluding carboxylic acids is 1. The predicted molar refractivity (Wildman–Crippen MR) is 96.9 cm³/mol. The van der Waals surface area contributed by atoms with E-state index in [4.69, 9.17) is 11.6 Å². The van der Waals surface area contributed by atoms with Crippen molar-refractivity contribution in [1.82, 2.24) is 26.0 Å². The largest absolute Gasteiger partial charge is 0.341 e. The van der Waals surface area contributed by atoms with E-state index < -0.39 is 0 Å². The average molecular weight is 363 g/mol. The fraction of sp³-hybridized carbons (Fsp3) is 0.529. The molecule has 25 heavy (non-hydrogen) atoms. The number of hydrogen-bond acceptors (Lipinski definition) is 6. The molecule has 8 heteroatoms. The maximum Gasteiger partial charge on any atom is 0.234 e. The summed E-state index contributed by atoms with van der Waals surface area (Å²) in [5.41, 5.74) is 7.36. The van der Waals surface area contributed by atoms with E-state index in [1.54, 1.807) is 0 Å². The van der Waals surface area contributed by atoms with Crippen LogP contribution < -0.4 is 16.2 Å². The minimum atomic E-state index is -0.155. The minimum Gasteiger partial charge on any atom is -0.341 e. The second-order valence-corrected chi connectivity index (χ2v) is 7.20. The Hall–Kier alpha value is -1.67. The fourth-order valence-corrected chi connectivity index (χ4v) is 3.69.